The van der Waals surface area contributed by atoms with E-state index in [4.69, 9.17) is 0 Å². The summed E-state index contributed by atoms with van der Waals surface area (Å²) < 4.78 is 28.3. The van der Waals surface area contributed by atoms with E-state index in [2.05, 4.69) is 30.8 Å². The van der Waals surface area contributed by atoms with Crippen molar-refractivity contribution in [1.82, 2.24) is 10.0 Å². The lowest BCUT2D eigenvalue weighted by molar-refractivity contribution is 0.310. The van der Waals surface area contributed by atoms with Gasteiger partial charge in [0, 0.05) is 18.6 Å². The number of nitrogens with one attached hydrogen (secondary N) is 2. The van der Waals surface area contributed by atoms with E-state index in [1.165, 1.54) is 17.8 Å². The van der Waals surface area contributed by atoms with Crippen LogP contribution in [0.15, 0.2) is 15.7 Å². The fourth-order valence-corrected chi connectivity index (χ4v) is 5.26. The molecule has 0 saturated heterocycles. The number of thiophene rings is 1. The molecular formula is C15H26N2O2S2. The van der Waals surface area contributed by atoms with Crippen molar-refractivity contribution < 1.29 is 8.42 Å². The molecule has 1 aromatic rings. The Labute approximate surface area is 132 Å². The Kier molecular flexibility index (Phi) is 5.82. The van der Waals surface area contributed by atoms with Gasteiger partial charge in [-0.15, -0.1) is 11.3 Å². The molecular weight excluding hydrogens is 304 g/mol. The molecule has 2 rings (SSSR count). The van der Waals surface area contributed by atoms with E-state index in [0.29, 0.717) is 22.7 Å². The van der Waals surface area contributed by atoms with E-state index in [0.717, 1.165) is 24.8 Å². The highest BCUT2D eigenvalue weighted by Gasteiger charge is 2.27. The van der Waals surface area contributed by atoms with Crippen LogP contribution in [0.4, 0.5) is 0 Å². The fourth-order valence-electron chi connectivity index (χ4n) is 2.66. The molecule has 2 atom stereocenters. The first-order chi connectivity index (χ1) is 9.88. The van der Waals surface area contributed by atoms with Crippen LogP contribution in [0.25, 0.3) is 0 Å². The van der Waals surface area contributed by atoms with E-state index < -0.39 is 10.0 Å². The molecule has 1 heterocycles. The number of hydrogen-bond acceptors (Lipinski definition) is 4. The van der Waals surface area contributed by atoms with Gasteiger partial charge in [-0.2, -0.15) is 0 Å². The minimum absolute atomic E-state index is 0.0862. The first-order valence-electron chi connectivity index (χ1n) is 7.71. The van der Waals surface area contributed by atoms with E-state index in [9.17, 15) is 8.42 Å². The highest BCUT2D eigenvalue weighted by molar-refractivity contribution is 7.91. The average Bonchev–Trinajstić information content (AvgIpc) is 2.88. The highest BCUT2D eigenvalue weighted by Crippen LogP contribution is 2.27. The third kappa shape index (κ3) is 4.77. The Hall–Kier alpha value is -0.430. The largest absolute Gasteiger partial charge is 0.310 e. The van der Waals surface area contributed by atoms with Crippen LogP contribution in [0.1, 0.15) is 52.0 Å². The Morgan fingerprint density at radius 3 is 2.71 bits per heavy atom. The molecule has 21 heavy (non-hydrogen) atoms. The van der Waals surface area contributed by atoms with Gasteiger partial charge >= 0.3 is 0 Å². The van der Waals surface area contributed by atoms with Gasteiger partial charge in [-0.3, -0.25) is 0 Å². The molecule has 1 aliphatic rings. The zero-order chi connectivity index (χ0) is 15.5. The summed E-state index contributed by atoms with van der Waals surface area (Å²) in [6.07, 6.45) is 4.39. The lowest BCUT2D eigenvalue weighted by Gasteiger charge is -2.28. The number of rotatable bonds is 6. The lowest BCUT2D eigenvalue weighted by atomic mass is 9.87. The topological polar surface area (TPSA) is 58.2 Å². The second-order valence-electron chi connectivity index (χ2n) is 6.30. The predicted octanol–water partition coefficient (Wildman–Crippen LogP) is 3.10. The van der Waals surface area contributed by atoms with Gasteiger partial charge < -0.3 is 5.32 Å². The van der Waals surface area contributed by atoms with Gasteiger partial charge in [0.05, 0.1) is 0 Å². The molecule has 1 saturated carbocycles. The van der Waals surface area contributed by atoms with E-state index in [1.54, 1.807) is 6.07 Å². The maximum Gasteiger partial charge on any atom is 0.250 e. The van der Waals surface area contributed by atoms with Crippen LogP contribution in [0, 0.1) is 5.92 Å². The molecule has 0 amide bonds. The third-order valence-corrected chi connectivity index (χ3v) is 7.01. The molecule has 0 bridgehead atoms. The van der Waals surface area contributed by atoms with E-state index in [-0.39, 0.29) is 6.04 Å². The van der Waals surface area contributed by atoms with Crippen molar-refractivity contribution in [2.45, 2.75) is 69.3 Å². The predicted molar refractivity (Wildman–Crippen MR) is 88.0 cm³/mol. The average molecular weight is 331 g/mol. The first-order valence-corrected chi connectivity index (χ1v) is 10.1. The van der Waals surface area contributed by atoms with Crippen molar-refractivity contribution >= 4 is 21.4 Å². The molecule has 0 radical (unpaired) electrons. The first kappa shape index (κ1) is 16.9. The summed E-state index contributed by atoms with van der Waals surface area (Å²) in [4.78, 5) is 0. The highest BCUT2D eigenvalue weighted by atomic mass is 32.2. The molecule has 2 unspecified atom stereocenters. The second kappa shape index (κ2) is 7.22. The SMILES string of the molecule is CC(C)NCc1csc(S(=O)(=O)NC2CCCCC2C)c1. The van der Waals surface area contributed by atoms with Gasteiger partial charge in [0.25, 0.3) is 0 Å². The van der Waals surface area contributed by atoms with Crippen molar-refractivity contribution in [2.75, 3.05) is 0 Å². The van der Waals surface area contributed by atoms with Gasteiger partial charge in [0.15, 0.2) is 0 Å². The molecule has 6 heteroatoms. The van der Waals surface area contributed by atoms with Gasteiger partial charge in [0.2, 0.25) is 10.0 Å². The molecule has 1 fully saturated rings. The fraction of sp³-hybridized carbons (Fsp3) is 0.733. The Morgan fingerprint density at radius 1 is 1.33 bits per heavy atom. The summed E-state index contributed by atoms with van der Waals surface area (Å²) in [5.74, 6) is 0.426. The number of sulfonamides is 1. The number of hydrogen-bond donors (Lipinski definition) is 2. The van der Waals surface area contributed by atoms with Gasteiger partial charge in [-0.05, 0) is 35.8 Å². The zero-order valence-corrected chi connectivity index (χ0v) is 14.7. The summed E-state index contributed by atoms with van der Waals surface area (Å²) in [7, 11) is -3.37. The van der Waals surface area contributed by atoms with Crippen LogP contribution < -0.4 is 10.0 Å². The van der Waals surface area contributed by atoms with E-state index in [1.807, 2.05) is 5.38 Å². The minimum atomic E-state index is -3.37. The molecule has 0 spiro atoms. The zero-order valence-electron chi connectivity index (χ0n) is 13.1. The van der Waals surface area contributed by atoms with Crippen molar-refractivity contribution in [3.8, 4) is 0 Å². The minimum Gasteiger partial charge on any atom is -0.310 e. The van der Waals surface area contributed by atoms with Crippen molar-refractivity contribution in [1.29, 1.82) is 0 Å². The normalized spacial score (nSPS) is 23.6. The van der Waals surface area contributed by atoms with Crippen LogP contribution in [-0.4, -0.2) is 20.5 Å². The van der Waals surface area contributed by atoms with Crippen LogP contribution in [0.5, 0.6) is 0 Å². The van der Waals surface area contributed by atoms with Crippen LogP contribution >= 0.6 is 11.3 Å². The molecule has 4 nitrogen and oxygen atoms in total. The van der Waals surface area contributed by atoms with E-state index >= 15 is 0 Å². The van der Waals surface area contributed by atoms with Crippen molar-refractivity contribution in [3.05, 3.63) is 17.0 Å². The quantitative estimate of drug-likeness (QED) is 0.842. The lowest BCUT2D eigenvalue weighted by Crippen LogP contribution is -2.40. The molecule has 2 N–H and O–H groups in total. The van der Waals surface area contributed by atoms with Crippen LogP contribution in [0.2, 0.25) is 0 Å². The summed E-state index contributed by atoms with van der Waals surface area (Å²) in [6.45, 7) is 7.01. The molecule has 1 aliphatic carbocycles. The Balaban J connectivity index is 2.02. The van der Waals surface area contributed by atoms with Crippen LogP contribution in [0.3, 0.4) is 0 Å². The second-order valence-corrected chi connectivity index (χ2v) is 9.15. The standard InChI is InChI=1S/C15H26N2O2S2/c1-11(2)16-9-13-8-15(20-10-13)21(18,19)17-14-7-5-4-6-12(14)3/h8,10-12,14,16-17H,4-7,9H2,1-3H3. The summed E-state index contributed by atoms with van der Waals surface area (Å²) in [5.41, 5.74) is 1.03. The maximum absolute atomic E-state index is 12.5. The summed E-state index contributed by atoms with van der Waals surface area (Å²) >= 11 is 1.31. The molecule has 0 aromatic carbocycles. The van der Waals surface area contributed by atoms with Crippen LogP contribution in [-0.2, 0) is 16.6 Å². The van der Waals surface area contributed by atoms with Gasteiger partial charge in [-0.1, -0.05) is 33.6 Å². The molecule has 120 valence electrons. The van der Waals surface area contributed by atoms with Gasteiger partial charge in [0.1, 0.15) is 4.21 Å². The smallest absolute Gasteiger partial charge is 0.250 e. The maximum atomic E-state index is 12.5. The van der Waals surface area contributed by atoms with Crippen molar-refractivity contribution in [2.24, 2.45) is 5.92 Å². The van der Waals surface area contributed by atoms with Gasteiger partial charge in [-0.25, -0.2) is 13.1 Å². The monoisotopic (exact) mass is 330 g/mol. The summed E-state index contributed by atoms with van der Waals surface area (Å²) in [6, 6.07) is 2.27. The third-order valence-electron chi connectivity index (χ3n) is 4.03. The molecule has 0 aliphatic heterocycles. The Bertz CT molecular complexity index is 552. The summed E-state index contributed by atoms with van der Waals surface area (Å²) in [5, 5.41) is 5.23. The molecule has 1 aromatic heterocycles. The van der Waals surface area contributed by atoms with Crippen molar-refractivity contribution in [3.63, 3.8) is 0 Å². The Morgan fingerprint density at radius 2 is 2.05 bits per heavy atom.